The molecule has 8 nitrogen and oxygen atoms in total. The van der Waals surface area contributed by atoms with Gasteiger partial charge in [0.2, 0.25) is 5.90 Å². The number of hydrogen-bond acceptors (Lipinski definition) is 5. The summed E-state index contributed by atoms with van der Waals surface area (Å²) in [7, 11) is 0. The van der Waals surface area contributed by atoms with E-state index in [1.165, 1.54) is 73.9 Å². The van der Waals surface area contributed by atoms with E-state index in [0.29, 0.717) is 18.7 Å². The summed E-state index contributed by atoms with van der Waals surface area (Å²) in [6.45, 7) is 8.60. The van der Waals surface area contributed by atoms with E-state index in [1.807, 2.05) is 11.6 Å². The van der Waals surface area contributed by atoms with Crippen LogP contribution >= 0.6 is 0 Å². The van der Waals surface area contributed by atoms with Gasteiger partial charge in [-0.2, -0.15) is 10.2 Å². The highest BCUT2D eigenvalue weighted by atomic mass is 16.5. The van der Waals surface area contributed by atoms with Crippen molar-refractivity contribution in [3.05, 3.63) is 33.9 Å². The Kier molecular flexibility index (Phi) is 7.77. The van der Waals surface area contributed by atoms with E-state index in [1.54, 1.807) is 0 Å². The first-order valence-electron chi connectivity index (χ1n) is 14.3. The molecular weight excluding hydrogens is 452 g/mol. The molecule has 2 aliphatic heterocycles. The van der Waals surface area contributed by atoms with Crippen LogP contribution in [-0.4, -0.2) is 51.1 Å². The molecule has 0 aromatic carbocycles. The number of nitrogens with zero attached hydrogens (tertiary/aromatic N) is 5. The monoisotopic (exact) mass is 494 g/mol. The number of aromatic nitrogens is 4. The number of hydrogen-bond donors (Lipinski definition) is 1. The van der Waals surface area contributed by atoms with Crippen molar-refractivity contribution in [1.82, 2.24) is 24.9 Å². The predicted molar refractivity (Wildman–Crippen MR) is 141 cm³/mol. The van der Waals surface area contributed by atoms with E-state index in [2.05, 4.69) is 28.8 Å². The largest absolute Gasteiger partial charge is 0.477 e. The number of nitrogens with one attached hydrogen (secondary N) is 1. The minimum Gasteiger partial charge on any atom is -0.477 e. The molecule has 0 atom stereocenters. The van der Waals surface area contributed by atoms with E-state index in [4.69, 9.17) is 14.9 Å². The summed E-state index contributed by atoms with van der Waals surface area (Å²) in [5.41, 5.74) is 6.98. The minimum absolute atomic E-state index is 0.0744. The van der Waals surface area contributed by atoms with Crippen molar-refractivity contribution in [3.8, 4) is 0 Å². The third-order valence-electron chi connectivity index (χ3n) is 8.17. The van der Waals surface area contributed by atoms with Crippen LogP contribution in [-0.2, 0) is 30.4 Å². The van der Waals surface area contributed by atoms with Crippen molar-refractivity contribution in [2.75, 3.05) is 19.7 Å². The zero-order valence-corrected chi connectivity index (χ0v) is 22.3. The highest BCUT2D eigenvalue weighted by molar-refractivity contribution is 5.95. The van der Waals surface area contributed by atoms with E-state index in [9.17, 15) is 4.79 Å². The molecule has 0 spiro atoms. The standard InChI is InChI=1S/C15H23N3O.C13H19N3O/c1-3-13-12-9-10-16-15(19-4-2)14(12)18(17-13)11-7-5-6-8-11;1-2-11-10-7-8-14-13(17)12(10)16(15-11)9-5-3-4-6-9/h11H,3-10H2,1-2H3;9H,2-8H2,1H3,(H,14,17). The fourth-order valence-electron chi connectivity index (χ4n) is 6.40. The number of ether oxygens (including phenoxy) is 1. The van der Waals surface area contributed by atoms with Crippen LogP contribution in [0.25, 0.3) is 0 Å². The first-order valence-corrected chi connectivity index (χ1v) is 14.3. The van der Waals surface area contributed by atoms with Gasteiger partial charge in [0, 0.05) is 24.2 Å². The molecule has 8 heteroatoms. The van der Waals surface area contributed by atoms with Crippen LogP contribution in [0.15, 0.2) is 4.99 Å². The molecule has 0 saturated heterocycles. The summed E-state index contributed by atoms with van der Waals surface area (Å²) in [4.78, 5) is 16.6. The smallest absolute Gasteiger partial charge is 0.269 e. The molecule has 2 aliphatic carbocycles. The molecule has 6 rings (SSSR count). The van der Waals surface area contributed by atoms with Crippen LogP contribution in [0.1, 0.15) is 123 Å². The number of aryl methyl sites for hydroxylation is 2. The second-order valence-electron chi connectivity index (χ2n) is 10.4. The molecule has 4 heterocycles. The number of amides is 1. The van der Waals surface area contributed by atoms with Gasteiger partial charge in [-0.15, -0.1) is 0 Å². The number of carbonyl (C=O) groups excluding carboxylic acids is 1. The Labute approximate surface area is 214 Å². The number of fused-ring (bicyclic) bond motifs is 2. The topological polar surface area (TPSA) is 86.3 Å². The molecule has 1 amide bonds. The van der Waals surface area contributed by atoms with Gasteiger partial charge in [-0.3, -0.25) is 14.2 Å². The second-order valence-corrected chi connectivity index (χ2v) is 10.4. The van der Waals surface area contributed by atoms with Crippen LogP contribution in [0.3, 0.4) is 0 Å². The average Bonchev–Trinajstić information content (AvgIpc) is 3.70. The molecule has 0 unspecified atom stereocenters. The molecule has 1 N–H and O–H groups in total. The highest BCUT2D eigenvalue weighted by Crippen LogP contribution is 2.34. The maximum atomic E-state index is 12.0. The van der Waals surface area contributed by atoms with Crippen molar-refractivity contribution in [2.45, 2.75) is 110 Å². The first kappa shape index (κ1) is 25.0. The lowest BCUT2D eigenvalue weighted by molar-refractivity contribution is 0.0932. The Morgan fingerprint density at radius 3 is 1.94 bits per heavy atom. The van der Waals surface area contributed by atoms with Gasteiger partial charge in [-0.1, -0.05) is 39.5 Å². The molecule has 196 valence electrons. The number of rotatable bonds is 5. The quantitative estimate of drug-likeness (QED) is 0.650. The van der Waals surface area contributed by atoms with E-state index >= 15 is 0 Å². The molecule has 2 saturated carbocycles. The summed E-state index contributed by atoms with van der Waals surface area (Å²) in [6.07, 6.45) is 13.9. The van der Waals surface area contributed by atoms with Crippen molar-refractivity contribution in [3.63, 3.8) is 0 Å². The highest BCUT2D eigenvalue weighted by Gasteiger charge is 2.31. The van der Waals surface area contributed by atoms with Crippen LogP contribution in [0.4, 0.5) is 0 Å². The summed E-state index contributed by atoms with van der Waals surface area (Å²) in [5, 5.41) is 12.5. The van der Waals surface area contributed by atoms with E-state index in [0.717, 1.165) is 56.1 Å². The fourth-order valence-corrected chi connectivity index (χ4v) is 6.40. The van der Waals surface area contributed by atoms with E-state index < -0.39 is 0 Å². The van der Waals surface area contributed by atoms with Gasteiger partial charge < -0.3 is 10.1 Å². The summed E-state index contributed by atoms with van der Waals surface area (Å²) in [6, 6.07) is 1.01. The second kappa shape index (κ2) is 11.2. The first-order chi connectivity index (χ1) is 17.7. The lowest BCUT2D eigenvalue weighted by Crippen LogP contribution is -2.34. The average molecular weight is 495 g/mol. The van der Waals surface area contributed by atoms with Crippen molar-refractivity contribution in [1.29, 1.82) is 0 Å². The predicted octanol–water partition coefficient (Wildman–Crippen LogP) is 4.75. The molecular formula is C28H42N6O2. The lowest BCUT2D eigenvalue weighted by atomic mass is 10.0. The SMILES string of the molecule is CCOC1=NCCc2c(CC)nn(C3CCCC3)c21.CCc1nn(C2CCCC2)c2c1CCNC2=O. The Balaban J connectivity index is 0.000000149. The molecule has 0 bridgehead atoms. The summed E-state index contributed by atoms with van der Waals surface area (Å²) < 4.78 is 10.0. The molecule has 2 fully saturated rings. The molecule has 2 aromatic rings. The van der Waals surface area contributed by atoms with Gasteiger partial charge in [-0.05, 0) is 58.3 Å². The van der Waals surface area contributed by atoms with Gasteiger partial charge in [0.05, 0.1) is 30.1 Å². The number of carbonyl (C=O) groups is 1. The number of aliphatic imine (C=N–C) groups is 1. The van der Waals surface area contributed by atoms with Crippen LogP contribution < -0.4 is 5.32 Å². The maximum Gasteiger partial charge on any atom is 0.269 e. The third kappa shape index (κ3) is 4.71. The van der Waals surface area contributed by atoms with Crippen molar-refractivity contribution < 1.29 is 9.53 Å². The lowest BCUT2D eigenvalue weighted by Gasteiger charge is -2.19. The molecule has 0 radical (unpaired) electrons. The van der Waals surface area contributed by atoms with Crippen molar-refractivity contribution >= 4 is 11.8 Å². The zero-order chi connectivity index (χ0) is 25.1. The maximum absolute atomic E-state index is 12.0. The fraction of sp³-hybridized carbons (Fsp3) is 0.714. The van der Waals surface area contributed by atoms with Crippen LogP contribution in [0.2, 0.25) is 0 Å². The third-order valence-corrected chi connectivity index (χ3v) is 8.17. The van der Waals surface area contributed by atoms with Gasteiger partial charge >= 0.3 is 0 Å². The summed E-state index contributed by atoms with van der Waals surface area (Å²) in [5.74, 6) is 0.896. The Bertz CT molecular complexity index is 1100. The Morgan fingerprint density at radius 1 is 0.833 bits per heavy atom. The molecule has 36 heavy (non-hydrogen) atoms. The van der Waals surface area contributed by atoms with Gasteiger partial charge in [-0.25, -0.2) is 4.99 Å². The Morgan fingerprint density at radius 2 is 1.39 bits per heavy atom. The van der Waals surface area contributed by atoms with Crippen molar-refractivity contribution in [2.24, 2.45) is 4.99 Å². The van der Waals surface area contributed by atoms with Crippen LogP contribution in [0, 0.1) is 0 Å². The van der Waals surface area contributed by atoms with Crippen LogP contribution in [0.5, 0.6) is 0 Å². The normalized spacial score (nSPS) is 19.9. The Hall–Kier alpha value is -2.64. The van der Waals surface area contributed by atoms with Gasteiger partial charge in [0.15, 0.2) is 0 Å². The van der Waals surface area contributed by atoms with Gasteiger partial charge in [0.25, 0.3) is 5.91 Å². The van der Waals surface area contributed by atoms with E-state index in [-0.39, 0.29) is 5.91 Å². The molecule has 2 aromatic heterocycles. The summed E-state index contributed by atoms with van der Waals surface area (Å²) >= 11 is 0. The van der Waals surface area contributed by atoms with Gasteiger partial charge in [0.1, 0.15) is 11.4 Å². The molecule has 4 aliphatic rings. The minimum atomic E-state index is 0.0744. The zero-order valence-electron chi connectivity index (χ0n) is 22.3.